The van der Waals surface area contributed by atoms with E-state index in [4.69, 9.17) is 4.42 Å². The summed E-state index contributed by atoms with van der Waals surface area (Å²) in [5.74, 6) is 0. The van der Waals surface area contributed by atoms with Crippen LogP contribution in [0.2, 0.25) is 0 Å². The minimum absolute atomic E-state index is 0.889. The topological polar surface area (TPSA) is 40.8 Å². The molecule has 0 N–H and O–H groups in total. The second kappa shape index (κ2) is 11.8. The van der Waals surface area contributed by atoms with E-state index >= 15 is 0 Å². The second-order valence-corrected chi connectivity index (χ2v) is 15.2. The average molecular weight is 741 g/mol. The lowest BCUT2D eigenvalue weighted by atomic mass is 10.0. The highest BCUT2D eigenvalue weighted by Gasteiger charge is 2.22. The zero-order valence-electron chi connectivity index (χ0n) is 31.2. The number of hydrogen-bond acceptors (Lipinski definition) is 2. The summed E-state index contributed by atoms with van der Waals surface area (Å²) in [4.78, 5) is 4.58. The molecule has 8 aromatic carbocycles. The highest BCUT2D eigenvalue weighted by molar-refractivity contribution is 6.20. The Morgan fingerprint density at radius 1 is 0.345 bits per heavy atom. The number of fused-ring (bicyclic) bond motifs is 12. The largest absolute Gasteiger partial charge is 0.455 e. The molecule has 0 saturated carbocycles. The van der Waals surface area contributed by atoms with Gasteiger partial charge in [-0.25, -0.2) is 0 Å². The third-order valence-electron chi connectivity index (χ3n) is 12.1. The molecule has 0 amide bonds. The molecular formula is C53H32N4O. The quantitative estimate of drug-likeness (QED) is 0.180. The molecule has 0 aliphatic rings. The lowest BCUT2D eigenvalue weighted by Crippen LogP contribution is -1.97. The van der Waals surface area contributed by atoms with Gasteiger partial charge in [-0.1, -0.05) is 103 Å². The van der Waals surface area contributed by atoms with Crippen molar-refractivity contribution in [1.29, 1.82) is 0 Å². The molecule has 270 valence electrons. The molecule has 0 aliphatic heterocycles. The van der Waals surface area contributed by atoms with Crippen LogP contribution >= 0.6 is 0 Å². The van der Waals surface area contributed by atoms with Crippen LogP contribution in [0.5, 0.6) is 0 Å². The van der Waals surface area contributed by atoms with Crippen LogP contribution in [-0.2, 0) is 0 Å². The minimum Gasteiger partial charge on any atom is -0.455 e. The zero-order valence-corrected chi connectivity index (χ0v) is 31.2. The number of pyridine rings is 1. The average Bonchev–Trinajstić information content (AvgIpc) is 4.02. The van der Waals surface area contributed by atoms with Gasteiger partial charge < -0.3 is 18.1 Å². The molecule has 58 heavy (non-hydrogen) atoms. The van der Waals surface area contributed by atoms with Crippen molar-refractivity contribution in [1.82, 2.24) is 18.7 Å². The first-order valence-electron chi connectivity index (χ1n) is 19.7. The Balaban J connectivity index is 1.12. The van der Waals surface area contributed by atoms with Gasteiger partial charge in [0, 0.05) is 78.1 Å². The molecule has 0 radical (unpaired) electrons. The molecule has 5 aromatic heterocycles. The standard InChI is InChI=1S/C53H32N4O/c1-3-13-33(14-4-1)40-28-36(29-44-39-19-9-12-22-52(39)58-53(40)44)57-47-21-11-8-18-38(47)43-30-42-37-17-7-10-20-46(37)56(50(42)31-51(43)57)35-23-24-48-41(27-35)45-32-54-26-25-49(45)55(48)34-15-5-2-6-16-34/h1-32H. The predicted molar refractivity (Wildman–Crippen MR) is 240 cm³/mol. The molecule has 0 bridgehead atoms. The Morgan fingerprint density at radius 2 is 0.914 bits per heavy atom. The van der Waals surface area contributed by atoms with E-state index in [1.165, 1.54) is 32.4 Å². The fraction of sp³-hybridized carbons (Fsp3) is 0. The van der Waals surface area contributed by atoms with Crippen LogP contribution in [0.1, 0.15) is 0 Å². The van der Waals surface area contributed by atoms with Crippen molar-refractivity contribution in [3.8, 4) is 28.2 Å². The molecule has 0 fully saturated rings. The lowest BCUT2D eigenvalue weighted by Gasteiger charge is -2.13. The highest BCUT2D eigenvalue weighted by atomic mass is 16.3. The summed E-state index contributed by atoms with van der Waals surface area (Å²) >= 11 is 0. The fourth-order valence-electron chi connectivity index (χ4n) is 9.61. The summed E-state index contributed by atoms with van der Waals surface area (Å²) in [5, 5.41) is 9.39. The monoisotopic (exact) mass is 740 g/mol. The first kappa shape index (κ1) is 31.3. The van der Waals surface area contributed by atoms with Crippen molar-refractivity contribution in [3.63, 3.8) is 0 Å². The van der Waals surface area contributed by atoms with Gasteiger partial charge >= 0.3 is 0 Å². The SMILES string of the molecule is c1ccc(-c2cc(-n3c4ccccc4c4cc5c6ccccc6n(-c6ccc7c(c6)c6cnccc6n7-c6ccccc6)c5cc43)cc3c2oc2ccccc23)cc1. The van der Waals surface area contributed by atoms with Crippen molar-refractivity contribution in [3.05, 3.63) is 194 Å². The predicted octanol–water partition coefficient (Wildman–Crippen LogP) is 13.9. The van der Waals surface area contributed by atoms with Gasteiger partial charge in [0.05, 0.1) is 33.1 Å². The smallest absolute Gasteiger partial charge is 0.143 e. The van der Waals surface area contributed by atoms with Gasteiger partial charge in [-0.3, -0.25) is 4.98 Å². The summed E-state index contributed by atoms with van der Waals surface area (Å²) in [5.41, 5.74) is 14.2. The number of aromatic nitrogens is 4. The van der Waals surface area contributed by atoms with Crippen molar-refractivity contribution in [2.24, 2.45) is 0 Å². The number of para-hydroxylation sites is 4. The lowest BCUT2D eigenvalue weighted by molar-refractivity contribution is 0.670. The van der Waals surface area contributed by atoms with Crippen LogP contribution in [-0.4, -0.2) is 18.7 Å². The maximum atomic E-state index is 6.61. The van der Waals surface area contributed by atoms with Crippen LogP contribution in [0.4, 0.5) is 0 Å². The van der Waals surface area contributed by atoms with Gasteiger partial charge in [0.2, 0.25) is 0 Å². The molecule has 0 spiro atoms. The maximum Gasteiger partial charge on any atom is 0.143 e. The molecule has 0 unspecified atom stereocenters. The Kier molecular flexibility index (Phi) is 6.38. The van der Waals surface area contributed by atoms with Crippen LogP contribution < -0.4 is 0 Å². The van der Waals surface area contributed by atoms with Crippen molar-refractivity contribution < 1.29 is 4.42 Å². The molecule has 5 heteroatoms. The van der Waals surface area contributed by atoms with E-state index in [0.717, 1.165) is 83.1 Å². The number of hydrogen-bond donors (Lipinski definition) is 0. The van der Waals surface area contributed by atoms with E-state index in [1.54, 1.807) is 0 Å². The van der Waals surface area contributed by atoms with Gasteiger partial charge in [-0.15, -0.1) is 0 Å². The first-order chi connectivity index (χ1) is 28.8. The van der Waals surface area contributed by atoms with Gasteiger partial charge in [0.1, 0.15) is 11.2 Å². The highest BCUT2D eigenvalue weighted by Crippen LogP contribution is 2.43. The molecule has 5 nitrogen and oxygen atoms in total. The summed E-state index contributed by atoms with van der Waals surface area (Å²) in [7, 11) is 0. The summed E-state index contributed by atoms with van der Waals surface area (Å²) in [6.07, 6.45) is 3.88. The summed E-state index contributed by atoms with van der Waals surface area (Å²) < 4.78 is 13.8. The summed E-state index contributed by atoms with van der Waals surface area (Å²) in [6.45, 7) is 0. The fourth-order valence-corrected chi connectivity index (χ4v) is 9.61. The zero-order chi connectivity index (χ0) is 37.9. The molecule has 13 rings (SSSR count). The molecular weight excluding hydrogens is 709 g/mol. The van der Waals surface area contributed by atoms with E-state index in [2.05, 4.69) is 195 Å². The van der Waals surface area contributed by atoms with E-state index in [1.807, 2.05) is 18.5 Å². The van der Waals surface area contributed by atoms with Crippen molar-refractivity contribution >= 4 is 87.4 Å². The second-order valence-electron chi connectivity index (χ2n) is 15.2. The maximum absolute atomic E-state index is 6.61. The molecule has 13 aromatic rings. The Bertz CT molecular complexity index is 3790. The molecule has 0 aliphatic carbocycles. The van der Waals surface area contributed by atoms with Crippen LogP contribution in [0.3, 0.4) is 0 Å². The third-order valence-corrected chi connectivity index (χ3v) is 12.1. The minimum atomic E-state index is 0.889. The Hall–Kier alpha value is -7.89. The molecule has 0 atom stereocenters. The molecule has 0 saturated heterocycles. The Morgan fingerprint density at radius 3 is 1.67 bits per heavy atom. The molecule has 5 heterocycles. The van der Waals surface area contributed by atoms with Crippen LogP contribution in [0, 0.1) is 0 Å². The van der Waals surface area contributed by atoms with Gasteiger partial charge in [0.15, 0.2) is 0 Å². The van der Waals surface area contributed by atoms with E-state index < -0.39 is 0 Å². The number of furan rings is 1. The van der Waals surface area contributed by atoms with Crippen LogP contribution in [0.15, 0.2) is 199 Å². The normalized spacial score (nSPS) is 12.1. The van der Waals surface area contributed by atoms with E-state index in [0.29, 0.717) is 0 Å². The van der Waals surface area contributed by atoms with E-state index in [-0.39, 0.29) is 0 Å². The van der Waals surface area contributed by atoms with Crippen LogP contribution in [0.25, 0.3) is 116 Å². The Labute approximate surface area is 331 Å². The third kappa shape index (κ3) is 4.33. The first-order valence-corrected chi connectivity index (χ1v) is 19.7. The number of rotatable bonds is 4. The van der Waals surface area contributed by atoms with Crippen molar-refractivity contribution in [2.45, 2.75) is 0 Å². The number of benzene rings is 8. The number of nitrogens with zero attached hydrogens (tertiary/aromatic N) is 4. The van der Waals surface area contributed by atoms with Gasteiger partial charge in [-0.05, 0) is 84.4 Å². The summed E-state index contributed by atoms with van der Waals surface area (Å²) in [6, 6.07) is 65.6. The van der Waals surface area contributed by atoms with Gasteiger partial charge in [-0.2, -0.15) is 0 Å². The van der Waals surface area contributed by atoms with Gasteiger partial charge in [0.25, 0.3) is 0 Å². The van der Waals surface area contributed by atoms with E-state index in [9.17, 15) is 0 Å². The van der Waals surface area contributed by atoms with Crippen molar-refractivity contribution in [2.75, 3.05) is 0 Å².